The quantitative estimate of drug-likeness (QED) is 0.393. The highest BCUT2D eigenvalue weighted by atomic mass is 16.1. The second-order valence-electron chi connectivity index (χ2n) is 15.3. The van der Waals surface area contributed by atoms with Gasteiger partial charge >= 0.3 is 0 Å². The zero-order valence-electron chi connectivity index (χ0n) is 25.4. The fourth-order valence-corrected chi connectivity index (χ4v) is 9.53. The Hall–Kier alpha value is -2.48. The number of ketones is 2. The Kier molecular flexibility index (Phi) is 7.02. The van der Waals surface area contributed by atoms with Gasteiger partial charge in [0.2, 0.25) is 5.91 Å². The van der Waals surface area contributed by atoms with Gasteiger partial charge in [-0.25, -0.2) is 0 Å². The second kappa shape index (κ2) is 9.28. The standard InChI is InChI=1S/C34H48N2O3/c1-10-27(38)36-34-15-13-29(3,4)19-24(34)20-31(7,14-16-34)33(9)12-11-25-30(5,6)28(39)23(21-35)18-32(25,8)26(33)17-22(2)37/h10,17-18,24-25H,1,11-16,19-20H2,2-9H3,(H,36,38)/b26-17-/t24?,25-,31+,32-,33+,34-/m0/s1. The Labute approximate surface area is 235 Å². The van der Waals surface area contributed by atoms with Crippen LogP contribution in [0.1, 0.15) is 107 Å². The summed E-state index contributed by atoms with van der Waals surface area (Å²) in [4.78, 5) is 38.7. The molecule has 0 radical (unpaired) electrons. The molecule has 6 atom stereocenters. The van der Waals surface area contributed by atoms with Gasteiger partial charge in [0.25, 0.3) is 0 Å². The third-order valence-electron chi connectivity index (χ3n) is 12.0. The van der Waals surface area contributed by atoms with Gasteiger partial charge in [-0.2, -0.15) is 5.26 Å². The summed E-state index contributed by atoms with van der Waals surface area (Å²) in [5.74, 6) is 0.155. The summed E-state index contributed by atoms with van der Waals surface area (Å²) >= 11 is 0. The molecule has 0 aromatic rings. The Balaban J connectivity index is 1.83. The molecule has 1 amide bonds. The third-order valence-corrected chi connectivity index (χ3v) is 12.0. The first-order chi connectivity index (χ1) is 17.9. The van der Waals surface area contributed by atoms with Crippen LogP contribution in [0.5, 0.6) is 0 Å². The van der Waals surface area contributed by atoms with Crippen LogP contribution in [0.25, 0.3) is 0 Å². The van der Waals surface area contributed by atoms with Crippen molar-refractivity contribution in [1.29, 1.82) is 5.26 Å². The largest absolute Gasteiger partial charge is 0.347 e. The maximum absolute atomic E-state index is 13.3. The zero-order valence-corrected chi connectivity index (χ0v) is 25.4. The zero-order chi connectivity index (χ0) is 29.2. The molecule has 39 heavy (non-hydrogen) atoms. The van der Waals surface area contributed by atoms with E-state index in [1.165, 1.54) is 6.08 Å². The number of hydrogen-bond donors (Lipinski definition) is 1. The number of rotatable bonds is 4. The lowest BCUT2D eigenvalue weighted by molar-refractivity contribution is -0.134. The van der Waals surface area contributed by atoms with Crippen molar-refractivity contribution >= 4 is 17.5 Å². The summed E-state index contributed by atoms with van der Waals surface area (Å²) in [6.07, 6.45) is 12.7. The molecule has 0 aliphatic heterocycles. The van der Waals surface area contributed by atoms with E-state index in [1.807, 2.05) is 26.0 Å². The highest BCUT2D eigenvalue weighted by molar-refractivity contribution is 6.04. The normalized spacial score (nSPS) is 41.9. The molecule has 0 spiro atoms. The van der Waals surface area contributed by atoms with Crippen LogP contribution in [0.4, 0.5) is 0 Å². The highest BCUT2D eigenvalue weighted by Crippen LogP contribution is 2.70. The van der Waals surface area contributed by atoms with E-state index in [0.29, 0.717) is 5.92 Å². The maximum Gasteiger partial charge on any atom is 0.243 e. The van der Waals surface area contributed by atoms with Crippen molar-refractivity contribution in [2.45, 2.75) is 112 Å². The fourth-order valence-electron chi connectivity index (χ4n) is 9.53. The van der Waals surface area contributed by atoms with Crippen molar-refractivity contribution in [2.24, 2.45) is 38.9 Å². The molecule has 5 heteroatoms. The molecular weight excluding hydrogens is 484 g/mol. The number of nitrogens with one attached hydrogen (secondary N) is 1. The monoisotopic (exact) mass is 532 g/mol. The summed E-state index contributed by atoms with van der Waals surface area (Å²) in [5.41, 5.74) is -0.402. The number of Topliss-reactive ketones (excluding diaryl/α,β-unsaturated/α-hetero) is 1. The number of hydrogen-bond acceptors (Lipinski definition) is 4. The van der Waals surface area contributed by atoms with E-state index in [2.05, 4.69) is 52.6 Å². The average Bonchev–Trinajstić information content (AvgIpc) is 2.84. The number of amides is 1. The molecule has 3 saturated carbocycles. The lowest BCUT2D eigenvalue weighted by Crippen LogP contribution is -2.63. The molecule has 3 fully saturated rings. The van der Waals surface area contributed by atoms with Gasteiger partial charge in [0.15, 0.2) is 11.6 Å². The van der Waals surface area contributed by atoms with Crippen LogP contribution >= 0.6 is 0 Å². The predicted molar refractivity (Wildman–Crippen MR) is 154 cm³/mol. The summed E-state index contributed by atoms with van der Waals surface area (Å²) in [7, 11) is 0. The molecule has 212 valence electrons. The summed E-state index contributed by atoms with van der Waals surface area (Å²) in [6, 6.07) is 2.18. The minimum absolute atomic E-state index is 0.00511. The number of allylic oxidation sites excluding steroid dienone is 4. The van der Waals surface area contributed by atoms with Gasteiger partial charge in [0, 0.05) is 16.4 Å². The Morgan fingerprint density at radius 3 is 2.26 bits per heavy atom. The first-order valence-electron chi connectivity index (χ1n) is 14.8. The lowest BCUT2D eigenvalue weighted by Gasteiger charge is -2.65. The van der Waals surface area contributed by atoms with Gasteiger partial charge in [0.05, 0.1) is 5.57 Å². The minimum atomic E-state index is -0.684. The van der Waals surface area contributed by atoms with E-state index in [-0.39, 0.29) is 50.7 Å². The van der Waals surface area contributed by atoms with Crippen molar-refractivity contribution < 1.29 is 14.4 Å². The molecule has 0 bridgehead atoms. The molecule has 0 aromatic heterocycles. The number of carbonyl (C=O) groups excluding carboxylic acids is 3. The van der Waals surface area contributed by atoms with Crippen molar-refractivity contribution in [3.8, 4) is 6.07 Å². The second-order valence-corrected chi connectivity index (χ2v) is 15.3. The smallest absolute Gasteiger partial charge is 0.243 e. The van der Waals surface area contributed by atoms with Crippen molar-refractivity contribution in [3.63, 3.8) is 0 Å². The van der Waals surface area contributed by atoms with E-state index in [0.717, 1.165) is 56.9 Å². The first kappa shape index (κ1) is 29.5. The molecular formula is C34H48N2O3. The molecule has 4 aliphatic carbocycles. The molecule has 0 aromatic carbocycles. The molecule has 5 nitrogen and oxygen atoms in total. The van der Waals surface area contributed by atoms with E-state index < -0.39 is 10.8 Å². The molecule has 1 unspecified atom stereocenters. The van der Waals surface area contributed by atoms with Crippen molar-refractivity contribution in [1.82, 2.24) is 5.32 Å². The molecule has 0 heterocycles. The van der Waals surface area contributed by atoms with Gasteiger partial charge in [-0.05, 0) is 98.5 Å². The molecule has 0 saturated heterocycles. The summed E-state index contributed by atoms with van der Waals surface area (Å²) in [6.45, 7) is 20.8. The van der Waals surface area contributed by atoms with Gasteiger partial charge in [-0.15, -0.1) is 0 Å². The fraction of sp³-hybridized carbons (Fsp3) is 0.706. The number of nitrogens with zero attached hydrogens (tertiary/aromatic N) is 1. The van der Waals surface area contributed by atoms with Crippen molar-refractivity contribution in [2.75, 3.05) is 0 Å². The Morgan fingerprint density at radius 2 is 1.67 bits per heavy atom. The van der Waals surface area contributed by atoms with E-state index in [9.17, 15) is 19.6 Å². The topological polar surface area (TPSA) is 87.0 Å². The third kappa shape index (κ3) is 4.47. The van der Waals surface area contributed by atoms with Gasteiger partial charge in [0.1, 0.15) is 6.07 Å². The minimum Gasteiger partial charge on any atom is -0.347 e. The van der Waals surface area contributed by atoms with Crippen LogP contribution < -0.4 is 5.32 Å². The average molecular weight is 533 g/mol. The van der Waals surface area contributed by atoms with Crippen LogP contribution in [0.2, 0.25) is 0 Å². The highest BCUT2D eigenvalue weighted by Gasteiger charge is 2.64. The molecule has 4 aliphatic rings. The van der Waals surface area contributed by atoms with Crippen molar-refractivity contribution in [3.05, 3.63) is 36.0 Å². The van der Waals surface area contributed by atoms with Crippen LogP contribution in [-0.2, 0) is 14.4 Å². The van der Waals surface area contributed by atoms with Crippen LogP contribution in [-0.4, -0.2) is 23.0 Å². The summed E-state index contributed by atoms with van der Waals surface area (Å²) < 4.78 is 0. The number of carbonyl (C=O) groups is 3. The predicted octanol–water partition coefficient (Wildman–Crippen LogP) is 7.04. The SMILES string of the molecule is C=CC(=O)N[C@]12CCC(C)(C)CC1C[C@](C)([C@]1(C)CC[C@H]3C(C)(C)C(=O)C(C#N)=C[C@]3(C)/C1=C/C(C)=O)CC2. The van der Waals surface area contributed by atoms with Crippen LogP contribution in [0.15, 0.2) is 36.0 Å². The first-order valence-corrected chi connectivity index (χ1v) is 14.8. The summed E-state index contributed by atoms with van der Waals surface area (Å²) in [5, 5.41) is 13.3. The van der Waals surface area contributed by atoms with Gasteiger partial charge in [-0.1, -0.05) is 66.7 Å². The number of fused-ring (bicyclic) bond motifs is 2. The van der Waals surface area contributed by atoms with E-state index in [4.69, 9.17) is 0 Å². The van der Waals surface area contributed by atoms with Gasteiger partial charge < -0.3 is 5.32 Å². The van der Waals surface area contributed by atoms with Crippen LogP contribution in [0.3, 0.4) is 0 Å². The maximum atomic E-state index is 13.3. The Bertz CT molecular complexity index is 1220. The van der Waals surface area contributed by atoms with Crippen LogP contribution in [0, 0.1) is 50.2 Å². The lowest BCUT2D eigenvalue weighted by atomic mass is 9.39. The van der Waals surface area contributed by atoms with E-state index in [1.54, 1.807) is 6.92 Å². The molecule has 1 N–H and O–H groups in total. The molecule has 4 rings (SSSR count). The Morgan fingerprint density at radius 1 is 1.03 bits per heavy atom. The number of nitriles is 1. The van der Waals surface area contributed by atoms with E-state index >= 15 is 0 Å². The van der Waals surface area contributed by atoms with Gasteiger partial charge in [-0.3, -0.25) is 14.4 Å².